The van der Waals surface area contributed by atoms with Gasteiger partial charge in [0.2, 0.25) is 0 Å². The van der Waals surface area contributed by atoms with Crippen molar-refractivity contribution in [3.8, 4) is 0 Å². The van der Waals surface area contributed by atoms with Gasteiger partial charge in [-0.15, -0.1) is 0 Å². The molecular formula is C47H88NO9P. The van der Waals surface area contributed by atoms with Crippen molar-refractivity contribution in [2.24, 2.45) is 5.73 Å². The second-order valence-corrected chi connectivity index (χ2v) is 17.8. The molecule has 340 valence electrons. The number of unbranched alkanes of at least 4 members (excludes halogenated alkanes) is 24. The normalized spacial score (nSPS) is 16.9. The molecule has 0 radical (unpaired) electrons. The number of phosphoric ester groups is 1. The predicted molar refractivity (Wildman–Crippen MR) is 238 cm³/mol. The van der Waals surface area contributed by atoms with Crippen molar-refractivity contribution in [1.29, 1.82) is 0 Å². The molecule has 1 saturated heterocycles. The van der Waals surface area contributed by atoms with Gasteiger partial charge in [0.15, 0.2) is 6.10 Å². The molecule has 0 amide bonds. The fraction of sp³-hybridized carbons (Fsp3) is 0.872. The lowest BCUT2D eigenvalue weighted by atomic mass is 10.0. The third-order valence-corrected chi connectivity index (χ3v) is 11.7. The van der Waals surface area contributed by atoms with Gasteiger partial charge < -0.3 is 24.8 Å². The lowest BCUT2D eigenvalue weighted by Gasteiger charge is -2.19. The van der Waals surface area contributed by atoms with Crippen molar-refractivity contribution < 1.29 is 42.3 Å². The van der Waals surface area contributed by atoms with Crippen molar-refractivity contribution in [2.75, 3.05) is 26.4 Å². The number of rotatable bonds is 44. The van der Waals surface area contributed by atoms with E-state index in [2.05, 4.69) is 38.2 Å². The molecule has 1 fully saturated rings. The Kier molecular flexibility index (Phi) is 37.2. The van der Waals surface area contributed by atoms with Crippen molar-refractivity contribution in [3.63, 3.8) is 0 Å². The summed E-state index contributed by atoms with van der Waals surface area (Å²) in [6, 6.07) is 0. The summed E-state index contributed by atoms with van der Waals surface area (Å²) in [6.45, 7) is 3.69. The zero-order valence-electron chi connectivity index (χ0n) is 37.2. The molecule has 1 rings (SSSR count). The van der Waals surface area contributed by atoms with Gasteiger partial charge in [0.25, 0.3) is 0 Å². The van der Waals surface area contributed by atoms with Gasteiger partial charge in [-0.3, -0.25) is 18.6 Å². The van der Waals surface area contributed by atoms with Crippen LogP contribution in [0.4, 0.5) is 0 Å². The molecule has 0 aromatic carbocycles. The Bertz CT molecular complexity index is 1070. The quantitative estimate of drug-likeness (QED) is 0.0200. The molecule has 11 heteroatoms. The van der Waals surface area contributed by atoms with E-state index in [1.54, 1.807) is 0 Å². The Balaban J connectivity index is 2.13. The number of hydrogen-bond donors (Lipinski definition) is 2. The van der Waals surface area contributed by atoms with Crippen molar-refractivity contribution in [2.45, 2.75) is 238 Å². The molecule has 10 nitrogen and oxygen atoms in total. The van der Waals surface area contributed by atoms with E-state index in [0.717, 1.165) is 64.2 Å². The number of phosphoric acid groups is 1. The topological polar surface area (TPSA) is 147 Å². The second kappa shape index (κ2) is 39.6. The van der Waals surface area contributed by atoms with Gasteiger partial charge in [-0.1, -0.05) is 167 Å². The van der Waals surface area contributed by atoms with Crippen LogP contribution in [0.5, 0.6) is 0 Å². The Morgan fingerprint density at radius 3 is 1.64 bits per heavy atom. The molecule has 3 N–H and O–H groups in total. The number of ether oxygens (including phenoxy) is 3. The molecule has 58 heavy (non-hydrogen) atoms. The fourth-order valence-electron chi connectivity index (χ4n) is 7.05. The monoisotopic (exact) mass is 842 g/mol. The van der Waals surface area contributed by atoms with E-state index in [1.165, 1.54) is 116 Å². The second-order valence-electron chi connectivity index (χ2n) is 16.4. The predicted octanol–water partition coefficient (Wildman–Crippen LogP) is 12.9. The first-order valence-corrected chi connectivity index (χ1v) is 25.4. The number of allylic oxidation sites excluding steroid dienone is 3. The number of hydrogen-bond acceptors (Lipinski definition) is 9. The molecule has 1 aliphatic rings. The van der Waals surface area contributed by atoms with Gasteiger partial charge in [-0.2, -0.15) is 0 Å². The molecule has 0 aromatic heterocycles. The van der Waals surface area contributed by atoms with Gasteiger partial charge >= 0.3 is 19.8 Å². The van der Waals surface area contributed by atoms with E-state index in [-0.39, 0.29) is 32.6 Å². The highest BCUT2D eigenvalue weighted by Crippen LogP contribution is 2.43. The van der Waals surface area contributed by atoms with Crippen LogP contribution in [0.2, 0.25) is 0 Å². The molecule has 0 aromatic rings. The summed E-state index contributed by atoms with van der Waals surface area (Å²) < 4.78 is 38.7. The smallest absolute Gasteiger partial charge is 0.462 e. The summed E-state index contributed by atoms with van der Waals surface area (Å²) in [7, 11) is -4.39. The summed E-state index contributed by atoms with van der Waals surface area (Å²) in [5.41, 5.74) is 5.36. The van der Waals surface area contributed by atoms with E-state index in [1.807, 2.05) is 0 Å². The Labute approximate surface area is 355 Å². The fourth-order valence-corrected chi connectivity index (χ4v) is 7.81. The minimum atomic E-state index is -4.39. The largest absolute Gasteiger partial charge is 0.472 e. The third-order valence-electron chi connectivity index (χ3n) is 10.7. The molecule has 1 aliphatic heterocycles. The van der Waals surface area contributed by atoms with Crippen LogP contribution in [0.15, 0.2) is 24.3 Å². The first-order valence-electron chi connectivity index (χ1n) is 23.9. The van der Waals surface area contributed by atoms with Crippen molar-refractivity contribution >= 4 is 19.8 Å². The standard InChI is InChI=1S/C47H88NO9P/c1-3-5-7-9-11-12-13-14-15-16-17-18-19-20-21-22-23-24-25-29-34-38-47(50)56-43(42-55-58(51,52)54-40-39-48)41-53-46(49)37-33-30-26-28-32-36-45-44(57-45)35-31-27-10-8-6-4-2/h14-15,27,31,43-45H,3-13,16-26,28-30,32-42,48H2,1-2H3,(H,51,52)/b15-14-,31-27-/t43-,44?,45?/m1/s1. The first-order chi connectivity index (χ1) is 28.3. The van der Waals surface area contributed by atoms with E-state index >= 15 is 0 Å². The maximum Gasteiger partial charge on any atom is 0.472 e. The van der Waals surface area contributed by atoms with Crippen LogP contribution < -0.4 is 5.73 Å². The zero-order chi connectivity index (χ0) is 42.2. The lowest BCUT2D eigenvalue weighted by molar-refractivity contribution is -0.161. The average molecular weight is 842 g/mol. The van der Waals surface area contributed by atoms with Crippen LogP contribution in [0, 0.1) is 0 Å². The molecule has 0 bridgehead atoms. The van der Waals surface area contributed by atoms with Crippen LogP contribution >= 0.6 is 7.82 Å². The Morgan fingerprint density at radius 2 is 1.07 bits per heavy atom. The highest BCUT2D eigenvalue weighted by Gasteiger charge is 2.36. The molecule has 0 spiro atoms. The van der Waals surface area contributed by atoms with Gasteiger partial charge in [0.1, 0.15) is 6.61 Å². The van der Waals surface area contributed by atoms with Gasteiger partial charge in [-0.25, -0.2) is 4.57 Å². The van der Waals surface area contributed by atoms with Crippen LogP contribution in [0.1, 0.15) is 219 Å². The van der Waals surface area contributed by atoms with Crippen LogP contribution in [0.3, 0.4) is 0 Å². The van der Waals surface area contributed by atoms with Gasteiger partial charge in [-0.05, 0) is 64.2 Å². The maximum absolute atomic E-state index is 12.6. The van der Waals surface area contributed by atoms with Crippen molar-refractivity contribution in [3.05, 3.63) is 24.3 Å². The maximum atomic E-state index is 12.6. The molecule has 4 atom stereocenters. The summed E-state index contributed by atoms with van der Waals surface area (Å²) in [5, 5.41) is 0. The SMILES string of the molecule is CCCCC/C=C\CC1OC1CCCCCCCC(=O)OC[C@H](COP(=O)(O)OCCN)OC(=O)CCCCCCCCCCCCC/C=C\CCCCCCCC. The summed E-state index contributed by atoms with van der Waals surface area (Å²) >= 11 is 0. The van der Waals surface area contributed by atoms with E-state index < -0.39 is 32.5 Å². The molecule has 0 aliphatic carbocycles. The zero-order valence-corrected chi connectivity index (χ0v) is 38.1. The van der Waals surface area contributed by atoms with Crippen LogP contribution in [-0.2, 0) is 37.4 Å². The van der Waals surface area contributed by atoms with Gasteiger partial charge in [0.05, 0.1) is 25.4 Å². The Hall–Kier alpha value is -1.55. The number of epoxide rings is 1. The number of carbonyl (C=O) groups excluding carboxylic acids is 2. The third kappa shape index (κ3) is 36.3. The number of carbonyl (C=O) groups is 2. The van der Waals surface area contributed by atoms with Crippen LogP contribution in [-0.4, -0.2) is 61.5 Å². The summed E-state index contributed by atoms with van der Waals surface area (Å²) in [6.07, 6.45) is 45.1. The minimum absolute atomic E-state index is 0.0497. The Morgan fingerprint density at radius 1 is 0.603 bits per heavy atom. The molecule has 3 unspecified atom stereocenters. The van der Waals surface area contributed by atoms with Gasteiger partial charge in [0, 0.05) is 19.4 Å². The number of esters is 2. The highest BCUT2D eigenvalue weighted by atomic mass is 31.2. The van der Waals surface area contributed by atoms with Crippen LogP contribution in [0.25, 0.3) is 0 Å². The molecular weight excluding hydrogens is 753 g/mol. The van der Waals surface area contributed by atoms with E-state index in [9.17, 15) is 19.0 Å². The van der Waals surface area contributed by atoms with E-state index in [4.69, 9.17) is 29.0 Å². The highest BCUT2D eigenvalue weighted by molar-refractivity contribution is 7.47. The number of nitrogens with two attached hydrogens (primary N) is 1. The lowest BCUT2D eigenvalue weighted by Crippen LogP contribution is -2.29. The average Bonchev–Trinajstić information content (AvgIpc) is 3.97. The summed E-state index contributed by atoms with van der Waals surface area (Å²) in [5.74, 6) is -0.846. The van der Waals surface area contributed by atoms with E-state index in [0.29, 0.717) is 25.0 Å². The van der Waals surface area contributed by atoms with Crippen molar-refractivity contribution in [1.82, 2.24) is 0 Å². The molecule has 0 saturated carbocycles. The minimum Gasteiger partial charge on any atom is -0.462 e. The molecule has 1 heterocycles. The summed E-state index contributed by atoms with van der Waals surface area (Å²) in [4.78, 5) is 35.0. The first kappa shape index (κ1) is 54.5.